The largest absolute Gasteiger partial charge is 0.366 e. The van der Waals surface area contributed by atoms with Gasteiger partial charge in [0.1, 0.15) is 5.60 Å². The summed E-state index contributed by atoms with van der Waals surface area (Å²) in [5, 5.41) is 0. The van der Waals surface area contributed by atoms with Crippen LogP contribution in [0.25, 0.3) is 0 Å². The van der Waals surface area contributed by atoms with Crippen LogP contribution < -0.4 is 0 Å². The second-order valence-electron chi connectivity index (χ2n) is 7.49. The predicted octanol–water partition coefficient (Wildman–Crippen LogP) is 3.99. The molecule has 0 aromatic rings. The minimum atomic E-state index is 0.173. The lowest BCUT2D eigenvalue weighted by Crippen LogP contribution is -2.27. The van der Waals surface area contributed by atoms with Gasteiger partial charge in [-0.25, -0.2) is 0 Å². The molecule has 0 radical (unpaired) electrons. The lowest BCUT2D eigenvalue weighted by Gasteiger charge is -2.23. The molecule has 4 aliphatic rings. The van der Waals surface area contributed by atoms with E-state index in [0.717, 1.165) is 6.42 Å². The molecule has 5 atom stereocenters. The van der Waals surface area contributed by atoms with Crippen molar-refractivity contribution in [2.24, 2.45) is 5.92 Å². The Labute approximate surface area is 116 Å². The zero-order valence-corrected chi connectivity index (χ0v) is 12.3. The molecule has 106 valence electrons. The summed E-state index contributed by atoms with van der Waals surface area (Å²) in [6.07, 6.45) is 15.6. The zero-order chi connectivity index (χ0) is 13.1. The van der Waals surface area contributed by atoms with Gasteiger partial charge < -0.3 is 9.47 Å². The van der Waals surface area contributed by atoms with Gasteiger partial charge in [-0.2, -0.15) is 0 Å². The molecule has 5 unspecified atom stereocenters. The number of ether oxygens (including phenoxy) is 2. The number of rotatable bonds is 3. The Morgan fingerprint density at radius 2 is 1.95 bits per heavy atom. The van der Waals surface area contributed by atoms with Crippen molar-refractivity contribution in [3.05, 3.63) is 12.2 Å². The van der Waals surface area contributed by atoms with Gasteiger partial charge in [0.25, 0.3) is 0 Å². The van der Waals surface area contributed by atoms with E-state index in [0.29, 0.717) is 12.0 Å². The van der Waals surface area contributed by atoms with Crippen molar-refractivity contribution in [2.45, 2.75) is 88.1 Å². The first-order valence-electron chi connectivity index (χ1n) is 8.13. The predicted molar refractivity (Wildman–Crippen MR) is 75.1 cm³/mol. The van der Waals surface area contributed by atoms with Gasteiger partial charge in [0.05, 0.1) is 17.3 Å². The fraction of sp³-hybridized carbons (Fsp3) is 0.882. The molecule has 4 fully saturated rings. The first-order chi connectivity index (χ1) is 9.08. The van der Waals surface area contributed by atoms with Crippen LogP contribution in [0, 0.1) is 5.92 Å². The van der Waals surface area contributed by atoms with Gasteiger partial charge >= 0.3 is 0 Å². The molecular weight excluding hydrogens is 236 g/mol. The van der Waals surface area contributed by atoms with E-state index in [1.54, 1.807) is 0 Å². The quantitative estimate of drug-likeness (QED) is 0.567. The second kappa shape index (κ2) is 3.85. The van der Waals surface area contributed by atoms with Crippen molar-refractivity contribution in [1.29, 1.82) is 0 Å². The average Bonchev–Trinajstić information content (AvgIpc) is 3.21. The standard InChI is InChI=1S/C17H26O2/c1-15-10-3-4-11-17(15,19-15)12-6-8-13-7-5-9-14-16(13,2)18-14/h6,8,13-14H,3-5,7,9-12H2,1-2H3/b8-6-. The minimum Gasteiger partial charge on any atom is -0.366 e. The Morgan fingerprint density at radius 1 is 1.11 bits per heavy atom. The first kappa shape index (κ1) is 12.4. The maximum Gasteiger partial charge on any atom is 0.101 e. The monoisotopic (exact) mass is 262 g/mol. The maximum atomic E-state index is 6.12. The van der Waals surface area contributed by atoms with Gasteiger partial charge in [-0.3, -0.25) is 0 Å². The third kappa shape index (κ3) is 1.76. The highest BCUT2D eigenvalue weighted by Gasteiger charge is 2.66. The highest BCUT2D eigenvalue weighted by atomic mass is 16.6. The van der Waals surface area contributed by atoms with Crippen molar-refractivity contribution in [1.82, 2.24) is 0 Å². The molecule has 0 aromatic heterocycles. The van der Waals surface area contributed by atoms with Crippen LogP contribution in [-0.4, -0.2) is 22.9 Å². The molecule has 2 saturated heterocycles. The van der Waals surface area contributed by atoms with Crippen LogP contribution >= 0.6 is 0 Å². The SMILES string of the molecule is CC12OC1CCCC2/C=C\CC12CCCCC1(C)O2. The van der Waals surface area contributed by atoms with Gasteiger partial charge in [0, 0.05) is 5.92 Å². The van der Waals surface area contributed by atoms with E-state index in [1.807, 2.05) is 0 Å². The number of epoxide rings is 2. The topological polar surface area (TPSA) is 25.1 Å². The van der Waals surface area contributed by atoms with E-state index in [2.05, 4.69) is 26.0 Å². The Balaban J connectivity index is 1.39. The van der Waals surface area contributed by atoms with Crippen LogP contribution in [0.15, 0.2) is 12.2 Å². The van der Waals surface area contributed by atoms with E-state index in [-0.39, 0.29) is 16.8 Å². The lowest BCUT2D eigenvalue weighted by atomic mass is 9.77. The van der Waals surface area contributed by atoms with Crippen LogP contribution in [-0.2, 0) is 9.47 Å². The summed E-state index contributed by atoms with van der Waals surface area (Å²) in [7, 11) is 0. The molecule has 0 amide bonds. The molecule has 4 rings (SSSR count). The van der Waals surface area contributed by atoms with Gasteiger partial charge in [-0.1, -0.05) is 31.4 Å². The Morgan fingerprint density at radius 3 is 2.79 bits per heavy atom. The summed E-state index contributed by atoms with van der Waals surface area (Å²) in [5.41, 5.74) is 0.568. The Hall–Kier alpha value is -0.340. The highest BCUT2D eigenvalue weighted by molar-refractivity contribution is 5.19. The molecule has 0 N–H and O–H groups in total. The van der Waals surface area contributed by atoms with Crippen molar-refractivity contribution in [3.8, 4) is 0 Å². The minimum absolute atomic E-state index is 0.173. The van der Waals surface area contributed by atoms with E-state index in [1.165, 1.54) is 44.9 Å². The van der Waals surface area contributed by atoms with E-state index in [9.17, 15) is 0 Å². The van der Waals surface area contributed by atoms with Gasteiger partial charge in [0.2, 0.25) is 0 Å². The molecular formula is C17H26O2. The number of hydrogen-bond acceptors (Lipinski definition) is 2. The normalized spacial score (nSPS) is 55.7. The summed E-state index contributed by atoms with van der Waals surface area (Å²) >= 11 is 0. The molecule has 0 bridgehead atoms. The van der Waals surface area contributed by atoms with E-state index >= 15 is 0 Å². The Bertz CT molecular complexity index is 413. The molecule has 0 aromatic carbocycles. The molecule has 19 heavy (non-hydrogen) atoms. The Kier molecular flexibility index (Phi) is 2.52. The summed E-state index contributed by atoms with van der Waals surface area (Å²) < 4.78 is 12.0. The van der Waals surface area contributed by atoms with Crippen LogP contribution in [0.1, 0.15) is 65.2 Å². The zero-order valence-electron chi connectivity index (χ0n) is 12.3. The second-order valence-corrected chi connectivity index (χ2v) is 7.49. The number of fused-ring (bicyclic) bond motifs is 2. The summed E-state index contributed by atoms with van der Waals surface area (Å²) in [6.45, 7) is 4.60. The molecule has 2 nitrogen and oxygen atoms in total. The van der Waals surface area contributed by atoms with Crippen molar-refractivity contribution in [3.63, 3.8) is 0 Å². The highest BCUT2D eigenvalue weighted by Crippen LogP contribution is 2.59. The molecule has 2 heteroatoms. The molecule has 2 aliphatic heterocycles. The third-order valence-corrected chi connectivity index (χ3v) is 6.34. The van der Waals surface area contributed by atoms with Crippen molar-refractivity contribution >= 4 is 0 Å². The lowest BCUT2D eigenvalue weighted by molar-refractivity contribution is 0.258. The third-order valence-electron chi connectivity index (χ3n) is 6.34. The average molecular weight is 262 g/mol. The molecule has 2 heterocycles. The van der Waals surface area contributed by atoms with Crippen LogP contribution in [0.5, 0.6) is 0 Å². The fourth-order valence-corrected chi connectivity index (χ4v) is 4.70. The maximum absolute atomic E-state index is 6.12. The summed E-state index contributed by atoms with van der Waals surface area (Å²) in [6, 6.07) is 0. The van der Waals surface area contributed by atoms with Gasteiger partial charge in [0.15, 0.2) is 0 Å². The number of hydrogen-bond donors (Lipinski definition) is 0. The summed E-state index contributed by atoms with van der Waals surface area (Å²) in [4.78, 5) is 0. The van der Waals surface area contributed by atoms with Crippen LogP contribution in [0.4, 0.5) is 0 Å². The van der Waals surface area contributed by atoms with E-state index < -0.39 is 0 Å². The van der Waals surface area contributed by atoms with Gasteiger partial charge in [-0.05, 0) is 46.0 Å². The van der Waals surface area contributed by atoms with Crippen molar-refractivity contribution in [2.75, 3.05) is 0 Å². The van der Waals surface area contributed by atoms with Crippen molar-refractivity contribution < 1.29 is 9.47 Å². The van der Waals surface area contributed by atoms with E-state index in [4.69, 9.17) is 9.47 Å². The molecule has 2 saturated carbocycles. The summed E-state index contributed by atoms with van der Waals surface area (Å²) in [5.74, 6) is 0.635. The molecule has 2 aliphatic carbocycles. The fourth-order valence-electron chi connectivity index (χ4n) is 4.70. The smallest absolute Gasteiger partial charge is 0.101 e. The first-order valence-corrected chi connectivity index (χ1v) is 8.13. The van der Waals surface area contributed by atoms with Crippen LogP contribution in [0.2, 0.25) is 0 Å². The molecule has 0 spiro atoms. The van der Waals surface area contributed by atoms with Gasteiger partial charge in [-0.15, -0.1) is 0 Å². The van der Waals surface area contributed by atoms with Crippen LogP contribution in [0.3, 0.4) is 0 Å².